The molecule has 5 nitrogen and oxygen atoms in total. The fourth-order valence-corrected chi connectivity index (χ4v) is 1.46. The predicted molar refractivity (Wildman–Crippen MR) is 59.8 cm³/mol. The Kier molecular flexibility index (Phi) is 3.71. The smallest absolute Gasteiger partial charge is 0.137 e. The first-order valence-corrected chi connectivity index (χ1v) is 5.49. The molecular formula is C11H16N4O. The van der Waals surface area contributed by atoms with Gasteiger partial charge in [-0.3, -0.25) is 4.68 Å². The van der Waals surface area contributed by atoms with E-state index >= 15 is 0 Å². The Bertz CT molecular complexity index is 407. The lowest BCUT2D eigenvalue weighted by Crippen LogP contribution is -2.19. The summed E-state index contributed by atoms with van der Waals surface area (Å²) in [4.78, 5) is 3.88. The molecule has 0 radical (unpaired) electrons. The van der Waals surface area contributed by atoms with E-state index in [9.17, 15) is 0 Å². The second-order valence-corrected chi connectivity index (χ2v) is 3.56. The van der Waals surface area contributed by atoms with Gasteiger partial charge in [0, 0.05) is 13.0 Å². The molecule has 16 heavy (non-hydrogen) atoms. The molecule has 86 valence electrons. The SMILES string of the molecule is CCc1ccc(CNCCn2cncn2)o1. The molecule has 2 heterocycles. The Hall–Kier alpha value is -1.62. The van der Waals surface area contributed by atoms with Gasteiger partial charge in [0.15, 0.2) is 0 Å². The zero-order valence-electron chi connectivity index (χ0n) is 9.39. The molecule has 0 aliphatic rings. The van der Waals surface area contributed by atoms with Crippen molar-refractivity contribution >= 4 is 0 Å². The number of aryl methyl sites for hydroxylation is 1. The van der Waals surface area contributed by atoms with E-state index in [-0.39, 0.29) is 0 Å². The largest absolute Gasteiger partial charge is 0.465 e. The molecule has 2 rings (SSSR count). The van der Waals surface area contributed by atoms with Gasteiger partial charge >= 0.3 is 0 Å². The number of rotatable bonds is 6. The lowest BCUT2D eigenvalue weighted by atomic mass is 10.3. The average Bonchev–Trinajstić information content (AvgIpc) is 2.95. The molecule has 0 saturated heterocycles. The third-order valence-electron chi connectivity index (χ3n) is 2.35. The van der Waals surface area contributed by atoms with Crippen LogP contribution in [-0.2, 0) is 19.5 Å². The van der Waals surface area contributed by atoms with Gasteiger partial charge in [0.25, 0.3) is 0 Å². The van der Waals surface area contributed by atoms with Gasteiger partial charge in [0.2, 0.25) is 0 Å². The van der Waals surface area contributed by atoms with E-state index in [1.807, 2.05) is 12.1 Å². The van der Waals surface area contributed by atoms with Crippen LogP contribution in [0.1, 0.15) is 18.4 Å². The molecule has 1 N–H and O–H groups in total. The zero-order chi connectivity index (χ0) is 11.2. The van der Waals surface area contributed by atoms with Crippen molar-refractivity contribution in [2.24, 2.45) is 0 Å². The molecule has 0 aliphatic heterocycles. The number of nitrogens with one attached hydrogen (secondary N) is 1. The summed E-state index contributed by atoms with van der Waals surface area (Å²) in [5.74, 6) is 2.02. The van der Waals surface area contributed by atoms with Crippen molar-refractivity contribution in [1.82, 2.24) is 20.1 Å². The summed E-state index contributed by atoms with van der Waals surface area (Å²) in [6.45, 7) is 4.52. The van der Waals surface area contributed by atoms with E-state index < -0.39 is 0 Å². The van der Waals surface area contributed by atoms with Crippen molar-refractivity contribution in [3.63, 3.8) is 0 Å². The van der Waals surface area contributed by atoms with E-state index in [2.05, 4.69) is 22.3 Å². The molecule has 0 amide bonds. The predicted octanol–water partition coefficient (Wildman–Crippen LogP) is 1.22. The van der Waals surface area contributed by atoms with E-state index in [0.717, 1.165) is 37.6 Å². The highest BCUT2D eigenvalue weighted by Gasteiger charge is 1.99. The fourth-order valence-electron chi connectivity index (χ4n) is 1.46. The monoisotopic (exact) mass is 220 g/mol. The Morgan fingerprint density at radius 3 is 2.94 bits per heavy atom. The Morgan fingerprint density at radius 1 is 1.38 bits per heavy atom. The maximum Gasteiger partial charge on any atom is 0.137 e. The minimum absolute atomic E-state index is 0.759. The maximum absolute atomic E-state index is 5.57. The van der Waals surface area contributed by atoms with E-state index in [4.69, 9.17) is 4.42 Å². The highest BCUT2D eigenvalue weighted by Crippen LogP contribution is 2.07. The van der Waals surface area contributed by atoms with Crippen LogP contribution in [0.25, 0.3) is 0 Å². The summed E-state index contributed by atoms with van der Waals surface area (Å²) in [6, 6.07) is 4.04. The van der Waals surface area contributed by atoms with Gasteiger partial charge < -0.3 is 9.73 Å². The van der Waals surface area contributed by atoms with Crippen LogP contribution >= 0.6 is 0 Å². The number of hydrogen-bond donors (Lipinski definition) is 1. The van der Waals surface area contributed by atoms with Gasteiger partial charge in [-0.2, -0.15) is 5.10 Å². The zero-order valence-corrected chi connectivity index (χ0v) is 9.39. The molecule has 0 fully saturated rings. The van der Waals surface area contributed by atoms with E-state index in [1.165, 1.54) is 0 Å². The van der Waals surface area contributed by atoms with Gasteiger partial charge in [0.05, 0.1) is 13.1 Å². The van der Waals surface area contributed by atoms with Crippen LogP contribution < -0.4 is 5.32 Å². The summed E-state index contributed by atoms with van der Waals surface area (Å²) in [6.07, 6.45) is 4.20. The summed E-state index contributed by atoms with van der Waals surface area (Å²) < 4.78 is 7.37. The lowest BCUT2D eigenvalue weighted by Gasteiger charge is -2.02. The molecule has 2 aromatic heterocycles. The minimum atomic E-state index is 0.759. The van der Waals surface area contributed by atoms with Crippen molar-refractivity contribution in [3.05, 3.63) is 36.3 Å². The van der Waals surface area contributed by atoms with Gasteiger partial charge in [-0.05, 0) is 12.1 Å². The second-order valence-electron chi connectivity index (χ2n) is 3.56. The van der Waals surface area contributed by atoms with Crippen molar-refractivity contribution in [2.45, 2.75) is 26.4 Å². The number of nitrogens with zero attached hydrogens (tertiary/aromatic N) is 3. The van der Waals surface area contributed by atoms with Crippen LogP contribution in [0.3, 0.4) is 0 Å². The topological polar surface area (TPSA) is 55.9 Å². The maximum atomic E-state index is 5.57. The standard InChI is InChI=1S/C11H16N4O/c1-2-10-3-4-11(16-10)7-12-5-6-15-9-13-8-14-15/h3-4,8-9,12H,2,5-7H2,1H3. The van der Waals surface area contributed by atoms with E-state index in [0.29, 0.717) is 0 Å². The summed E-state index contributed by atoms with van der Waals surface area (Å²) in [5, 5.41) is 7.32. The molecule has 0 unspecified atom stereocenters. The Morgan fingerprint density at radius 2 is 2.25 bits per heavy atom. The fraction of sp³-hybridized carbons (Fsp3) is 0.455. The molecule has 0 aliphatic carbocycles. The molecule has 0 saturated carbocycles. The van der Waals surface area contributed by atoms with Crippen LogP contribution in [0.2, 0.25) is 0 Å². The molecule has 2 aromatic rings. The van der Waals surface area contributed by atoms with Crippen molar-refractivity contribution in [2.75, 3.05) is 6.54 Å². The van der Waals surface area contributed by atoms with Crippen molar-refractivity contribution in [3.8, 4) is 0 Å². The number of hydrogen-bond acceptors (Lipinski definition) is 4. The third-order valence-corrected chi connectivity index (χ3v) is 2.35. The molecule has 5 heteroatoms. The summed E-state index contributed by atoms with van der Waals surface area (Å²) in [7, 11) is 0. The highest BCUT2D eigenvalue weighted by atomic mass is 16.3. The quantitative estimate of drug-likeness (QED) is 0.744. The highest BCUT2D eigenvalue weighted by molar-refractivity contribution is 5.06. The lowest BCUT2D eigenvalue weighted by molar-refractivity contribution is 0.443. The molecule has 0 bridgehead atoms. The van der Waals surface area contributed by atoms with Crippen LogP contribution in [0, 0.1) is 0 Å². The Labute approximate surface area is 94.5 Å². The van der Waals surface area contributed by atoms with Gasteiger partial charge in [-0.1, -0.05) is 6.92 Å². The van der Waals surface area contributed by atoms with Crippen molar-refractivity contribution < 1.29 is 4.42 Å². The van der Waals surface area contributed by atoms with Crippen molar-refractivity contribution in [1.29, 1.82) is 0 Å². The number of furan rings is 1. The van der Waals surface area contributed by atoms with Gasteiger partial charge in [0.1, 0.15) is 24.2 Å². The molecular weight excluding hydrogens is 204 g/mol. The Balaban J connectivity index is 1.68. The average molecular weight is 220 g/mol. The number of aromatic nitrogens is 3. The second kappa shape index (κ2) is 5.46. The van der Waals surface area contributed by atoms with Gasteiger partial charge in [-0.15, -0.1) is 0 Å². The first kappa shape index (κ1) is 10.9. The molecule has 0 spiro atoms. The first-order valence-electron chi connectivity index (χ1n) is 5.49. The van der Waals surface area contributed by atoms with Crippen LogP contribution in [-0.4, -0.2) is 21.3 Å². The van der Waals surface area contributed by atoms with Crippen LogP contribution in [0.15, 0.2) is 29.2 Å². The van der Waals surface area contributed by atoms with E-state index in [1.54, 1.807) is 17.3 Å². The summed E-state index contributed by atoms with van der Waals surface area (Å²) >= 11 is 0. The van der Waals surface area contributed by atoms with Crippen LogP contribution in [0.4, 0.5) is 0 Å². The van der Waals surface area contributed by atoms with Gasteiger partial charge in [-0.25, -0.2) is 4.98 Å². The van der Waals surface area contributed by atoms with Crippen LogP contribution in [0.5, 0.6) is 0 Å². The molecule has 0 aromatic carbocycles. The summed E-state index contributed by atoms with van der Waals surface area (Å²) in [5.41, 5.74) is 0. The minimum Gasteiger partial charge on any atom is -0.465 e. The third kappa shape index (κ3) is 2.93. The first-order chi connectivity index (χ1) is 7.88. The molecule has 0 atom stereocenters. The normalized spacial score (nSPS) is 10.8.